The van der Waals surface area contributed by atoms with Gasteiger partial charge >= 0.3 is 0 Å². The lowest BCUT2D eigenvalue weighted by molar-refractivity contribution is 0.174. The van der Waals surface area contributed by atoms with E-state index in [4.69, 9.17) is 14.5 Å². The number of benzene rings is 1. The van der Waals surface area contributed by atoms with Gasteiger partial charge in [0.2, 0.25) is 6.79 Å². The third-order valence-corrected chi connectivity index (χ3v) is 3.62. The molecule has 1 aromatic carbocycles. The van der Waals surface area contributed by atoms with E-state index in [2.05, 4.69) is 64.3 Å². The van der Waals surface area contributed by atoms with Crippen molar-refractivity contribution in [3.63, 3.8) is 0 Å². The number of hydrogen-bond acceptors (Lipinski definition) is 3. The highest BCUT2D eigenvalue weighted by Crippen LogP contribution is 2.36. The topological polar surface area (TPSA) is 54.9 Å². The summed E-state index contributed by atoms with van der Waals surface area (Å²) >= 11 is 0. The molecule has 0 atom stereocenters. The molecule has 5 nitrogen and oxygen atoms in total. The van der Waals surface area contributed by atoms with Crippen molar-refractivity contribution < 1.29 is 9.47 Å². The van der Waals surface area contributed by atoms with E-state index in [1.54, 1.807) is 0 Å². The summed E-state index contributed by atoms with van der Waals surface area (Å²) in [6, 6.07) is 6.12. The van der Waals surface area contributed by atoms with E-state index in [0.717, 1.165) is 24.0 Å². The molecule has 0 unspecified atom stereocenters. The maximum Gasteiger partial charge on any atom is 0.231 e. The normalized spacial score (nSPS) is 14.2. The molecule has 1 aliphatic rings. The zero-order valence-corrected chi connectivity index (χ0v) is 17.9. The number of fused-ring (bicyclic) bond motifs is 1. The molecular weight excluding hydrogens is 417 g/mol. The quantitative estimate of drug-likeness (QED) is 0.420. The van der Waals surface area contributed by atoms with Crippen LogP contribution in [0.3, 0.4) is 0 Å². The van der Waals surface area contributed by atoms with Gasteiger partial charge in [0.05, 0.1) is 6.54 Å². The number of nitrogens with zero attached hydrogens (tertiary/aromatic N) is 1. The fraction of sp³-hybridized carbons (Fsp3) is 0.611. The molecule has 0 spiro atoms. The number of rotatable bonds is 4. The lowest BCUT2D eigenvalue weighted by atomic mass is 9.84. The molecule has 0 amide bonds. The first-order chi connectivity index (χ1) is 10.7. The Morgan fingerprint density at radius 2 is 1.79 bits per heavy atom. The van der Waals surface area contributed by atoms with Crippen LogP contribution < -0.4 is 20.1 Å². The molecule has 24 heavy (non-hydrogen) atoms. The highest BCUT2D eigenvalue weighted by molar-refractivity contribution is 14.0. The highest BCUT2D eigenvalue weighted by atomic mass is 127. The van der Waals surface area contributed by atoms with Crippen LogP contribution in [0.5, 0.6) is 11.5 Å². The van der Waals surface area contributed by atoms with Crippen LogP contribution in [0.15, 0.2) is 23.2 Å². The summed E-state index contributed by atoms with van der Waals surface area (Å²) in [5.41, 5.74) is 1.07. The number of nitrogens with one attached hydrogen (secondary N) is 2. The SMILES string of the molecule is CCNC(=NCC(C)(C)c1ccc2c(c1)OCO2)NC(C)(C)C.I. The zero-order chi connectivity index (χ0) is 17.1. The molecule has 0 radical (unpaired) electrons. The summed E-state index contributed by atoms with van der Waals surface area (Å²) in [7, 11) is 0. The number of halogens is 1. The molecule has 0 aliphatic carbocycles. The molecule has 2 N–H and O–H groups in total. The van der Waals surface area contributed by atoms with E-state index in [9.17, 15) is 0 Å². The maximum atomic E-state index is 5.48. The molecule has 136 valence electrons. The maximum absolute atomic E-state index is 5.48. The lowest BCUT2D eigenvalue weighted by Gasteiger charge is -2.27. The van der Waals surface area contributed by atoms with Gasteiger partial charge in [0.15, 0.2) is 17.5 Å². The van der Waals surface area contributed by atoms with Crippen molar-refractivity contribution in [3.8, 4) is 11.5 Å². The van der Waals surface area contributed by atoms with Crippen LogP contribution in [0, 0.1) is 0 Å². The van der Waals surface area contributed by atoms with Crippen LogP contribution in [0.4, 0.5) is 0 Å². The van der Waals surface area contributed by atoms with Crippen LogP contribution in [-0.2, 0) is 5.41 Å². The zero-order valence-electron chi connectivity index (χ0n) is 15.5. The van der Waals surface area contributed by atoms with E-state index < -0.39 is 0 Å². The minimum atomic E-state index is -0.0960. The van der Waals surface area contributed by atoms with Crippen molar-refractivity contribution in [1.82, 2.24) is 10.6 Å². The van der Waals surface area contributed by atoms with Crippen molar-refractivity contribution >= 4 is 29.9 Å². The van der Waals surface area contributed by atoms with E-state index in [-0.39, 0.29) is 34.9 Å². The smallest absolute Gasteiger partial charge is 0.231 e. The van der Waals surface area contributed by atoms with Gasteiger partial charge in [-0.15, -0.1) is 24.0 Å². The summed E-state index contributed by atoms with van der Waals surface area (Å²) in [5, 5.41) is 6.72. The first-order valence-corrected chi connectivity index (χ1v) is 8.18. The fourth-order valence-corrected chi connectivity index (χ4v) is 2.35. The Balaban J connectivity index is 0.00000288. The van der Waals surface area contributed by atoms with Gasteiger partial charge in [-0.25, -0.2) is 0 Å². The first-order valence-electron chi connectivity index (χ1n) is 8.18. The van der Waals surface area contributed by atoms with Gasteiger partial charge < -0.3 is 20.1 Å². The van der Waals surface area contributed by atoms with Crippen LogP contribution in [0.25, 0.3) is 0 Å². The molecule has 1 aliphatic heterocycles. The second-order valence-electron chi connectivity index (χ2n) is 7.52. The van der Waals surface area contributed by atoms with Gasteiger partial charge in [-0.2, -0.15) is 0 Å². The molecular formula is C18H30IN3O2. The third kappa shape index (κ3) is 5.72. The van der Waals surface area contributed by atoms with Crippen LogP contribution in [0.2, 0.25) is 0 Å². The Bertz CT molecular complexity index is 580. The Morgan fingerprint density at radius 1 is 1.12 bits per heavy atom. The Hall–Kier alpha value is -1.18. The first kappa shape index (κ1) is 20.9. The Morgan fingerprint density at radius 3 is 2.42 bits per heavy atom. The average molecular weight is 447 g/mol. The number of guanidine groups is 1. The Kier molecular flexibility index (Phi) is 7.19. The van der Waals surface area contributed by atoms with Crippen LogP contribution >= 0.6 is 24.0 Å². The average Bonchev–Trinajstić information content (AvgIpc) is 2.91. The highest BCUT2D eigenvalue weighted by Gasteiger charge is 2.24. The van der Waals surface area contributed by atoms with Crippen molar-refractivity contribution in [2.75, 3.05) is 19.9 Å². The number of hydrogen-bond donors (Lipinski definition) is 2. The predicted octanol–water partition coefficient (Wildman–Crippen LogP) is 3.66. The molecule has 0 fully saturated rings. The summed E-state index contributed by atoms with van der Waals surface area (Å²) < 4.78 is 10.9. The van der Waals surface area contributed by atoms with Gasteiger partial charge in [0.1, 0.15) is 0 Å². The summed E-state index contributed by atoms with van der Waals surface area (Å²) in [5.74, 6) is 2.48. The summed E-state index contributed by atoms with van der Waals surface area (Å²) in [6.45, 7) is 14.7. The monoisotopic (exact) mass is 447 g/mol. The molecule has 0 aromatic heterocycles. The molecule has 1 heterocycles. The predicted molar refractivity (Wildman–Crippen MR) is 110 cm³/mol. The third-order valence-electron chi connectivity index (χ3n) is 3.62. The lowest BCUT2D eigenvalue weighted by Crippen LogP contribution is -2.48. The molecule has 0 saturated heterocycles. The minimum Gasteiger partial charge on any atom is -0.454 e. The van der Waals surface area contributed by atoms with Gasteiger partial charge in [0, 0.05) is 17.5 Å². The van der Waals surface area contributed by atoms with Crippen molar-refractivity contribution in [2.45, 2.75) is 52.5 Å². The van der Waals surface area contributed by atoms with Gasteiger partial charge in [0.25, 0.3) is 0 Å². The molecule has 1 aromatic rings. The molecule has 0 saturated carbocycles. The van der Waals surface area contributed by atoms with Crippen LogP contribution in [-0.4, -0.2) is 31.4 Å². The van der Waals surface area contributed by atoms with Gasteiger partial charge in [-0.1, -0.05) is 19.9 Å². The summed E-state index contributed by atoms with van der Waals surface area (Å²) in [6.07, 6.45) is 0. The van der Waals surface area contributed by atoms with E-state index in [0.29, 0.717) is 13.3 Å². The van der Waals surface area contributed by atoms with Crippen molar-refractivity contribution in [1.29, 1.82) is 0 Å². The van der Waals surface area contributed by atoms with Crippen molar-refractivity contribution in [3.05, 3.63) is 23.8 Å². The second-order valence-corrected chi connectivity index (χ2v) is 7.52. The van der Waals surface area contributed by atoms with E-state index in [1.807, 2.05) is 6.07 Å². The van der Waals surface area contributed by atoms with E-state index in [1.165, 1.54) is 5.56 Å². The fourth-order valence-electron chi connectivity index (χ4n) is 2.35. The van der Waals surface area contributed by atoms with E-state index >= 15 is 0 Å². The van der Waals surface area contributed by atoms with Gasteiger partial charge in [-0.3, -0.25) is 4.99 Å². The number of ether oxygens (including phenoxy) is 2. The Labute approximate surface area is 162 Å². The van der Waals surface area contributed by atoms with Crippen molar-refractivity contribution in [2.24, 2.45) is 4.99 Å². The second kappa shape index (κ2) is 8.27. The van der Waals surface area contributed by atoms with Gasteiger partial charge in [-0.05, 0) is 45.4 Å². The molecule has 2 rings (SSSR count). The summed E-state index contributed by atoms with van der Waals surface area (Å²) in [4.78, 5) is 4.76. The largest absolute Gasteiger partial charge is 0.454 e. The minimum absolute atomic E-state index is 0. The van der Waals surface area contributed by atoms with Crippen LogP contribution in [0.1, 0.15) is 47.1 Å². The molecule has 0 bridgehead atoms. The standard InChI is InChI=1S/C18H29N3O2.HI/c1-7-19-16(21-17(2,3)4)20-11-18(5,6)13-8-9-14-15(10-13)23-12-22-14;/h8-10H,7,11-12H2,1-6H3,(H2,19,20,21);1H. The number of aliphatic imine (C=N–C) groups is 1. The molecule has 6 heteroatoms.